The average molecular weight is 380 g/mol. The molecule has 0 spiro atoms. The predicted molar refractivity (Wildman–Crippen MR) is 108 cm³/mol. The van der Waals surface area contributed by atoms with Crippen LogP contribution in [-0.4, -0.2) is 19.7 Å². The largest absolute Gasteiger partial charge is 0.340 e. The Morgan fingerprint density at radius 3 is 2.85 bits per heavy atom. The van der Waals surface area contributed by atoms with Crippen LogP contribution in [0.4, 0.5) is 11.5 Å². The van der Waals surface area contributed by atoms with E-state index in [0.717, 1.165) is 34.2 Å². The molecule has 0 atom stereocenters. The van der Waals surface area contributed by atoms with E-state index in [1.54, 1.807) is 11.3 Å². The van der Waals surface area contributed by atoms with E-state index in [2.05, 4.69) is 26.1 Å². The summed E-state index contributed by atoms with van der Waals surface area (Å²) in [4.78, 5) is 10.2. The number of aromatic nitrogens is 4. The van der Waals surface area contributed by atoms with Gasteiger partial charge in [0.15, 0.2) is 5.65 Å². The zero-order chi connectivity index (χ0) is 17.5. The highest BCUT2D eigenvalue weighted by Crippen LogP contribution is 2.27. The van der Waals surface area contributed by atoms with Crippen LogP contribution in [0.5, 0.6) is 0 Å². The molecule has 7 heteroatoms. The van der Waals surface area contributed by atoms with Crippen molar-refractivity contribution in [1.82, 2.24) is 19.7 Å². The normalized spacial score (nSPS) is 11.4. The molecule has 0 aliphatic carbocycles. The van der Waals surface area contributed by atoms with Crippen LogP contribution in [0, 0.1) is 0 Å². The molecule has 0 radical (unpaired) electrons. The summed E-state index contributed by atoms with van der Waals surface area (Å²) in [7, 11) is 0. The highest BCUT2D eigenvalue weighted by atomic mass is 35.5. The van der Waals surface area contributed by atoms with E-state index in [1.165, 1.54) is 15.0 Å². The lowest BCUT2D eigenvalue weighted by molar-refractivity contribution is 0.681. The van der Waals surface area contributed by atoms with Gasteiger partial charge in [-0.2, -0.15) is 0 Å². The van der Waals surface area contributed by atoms with Gasteiger partial charge in [-0.1, -0.05) is 11.6 Å². The van der Waals surface area contributed by atoms with Crippen molar-refractivity contribution in [3.05, 3.63) is 70.8 Å². The molecule has 0 aliphatic rings. The molecule has 5 rings (SSSR count). The SMILES string of the molecule is Clc1ccc(Nc2ccc3[nH]n(Cc4cc5cnccc5s4)c3n2)cc1. The minimum Gasteiger partial charge on any atom is -0.340 e. The standard InChI is InChI=1S/C19H14ClN5S/c20-13-1-3-14(4-2-13)22-18-6-5-16-19(23-18)25(24-16)11-15-9-12-10-21-8-7-17(12)26-15/h1-10,24H,11H2,(H,22,23). The van der Waals surface area contributed by atoms with Crippen LogP contribution in [0.1, 0.15) is 4.88 Å². The molecular weight excluding hydrogens is 366 g/mol. The fourth-order valence-corrected chi connectivity index (χ4v) is 4.07. The number of H-pyrrole nitrogens is 1. The van der Waals surface area contributed by atoms with Crippen molar-refractivity contribution >= 4 is 55.7 Å². The van der Waals surface area contributed by atoms with Gasteiger partial charge in [0, 0.05) is 38.1 Å². The van der Waals surface area contributed by atoms with Gasteiger partial charge in [-0.25, -0.2) is 4.98 Å². The first-order valence-corrected chi connectivity index (χ1v) is 9.34. The molecule has 0 saturated carbocycles. The average Bonchev–Trinajstić information content (AvgIpc) is 3.05. The fraction of sp³-hybridized carbons (Fsp3) is 0.0526. The highest BCUT2D eigenvalue weighted by molar-refractivity contribution is 7.19. The first-order valence-electron chi connectivity index (χ1n) is 8.15. The molecule has 4 heterocycles. The van der Waals surface area contributed by atoms with E-state index in [4.69, 9.17) is 16.6 Å². The summed E-state index contributed by atoms with van der Waals surface area (Å²) in [6, 6.07) is 15.8. The summed E-state index contributed by atoms with van der Waals surface area (Å²) in [6.07, 6.45) is 3.73. The third-order valence-electron chi connectivity index (χ3n) is 4.18. The molecule has 2 N–H and O–H groups in total. The fourth-order valence-electron chi connectivity index (χ4n) is 2.93. The number of hydrogen-bond acceptors (Lipinski definition) is 4. The Morgan fingerprint density at radius 1 is 1.12 bits per heavy atom. The molecule has 0 fully saturated rings. The molecule has 0 aliphatic heterocycles. The summed E-state index contributed by atoms with van der Waals surface area (Å²) >= 11 is 7.71. The van der Waals surface area contributed by atoms with Gasteiger partial charge in [-0.3, -0.25) is 14.8 Å². The number of thiophene rings is 1. The molecular formula is C19H14ClN5S. The quantitative estimate of drug-likeness (QED) is 0.438. The van der Waals surface area contributed by atoms with E-state index >= 15 is 0 Å². The minimum absolute atomic E-state index is 0.717. The minimum atomic E-state index is 0.717. The lowest BCUT2D eigenvalue weighted by Crippen LogP contribution is -2.13. The number of hydrogen-bond donors (Lipinski definition) is 2. The van der Waals surface area contributed by atoms with Gasteiger partial charge in [0.1, 0.15) is 5.82 Å². The second-order valence-corrected chi connectivity index (χ2v) is 7.63. The predicted octanol–water partition coefficient (Wildman–Crippen LogP) is 5.42. The summed E-state index contributed by atoms with van der Waals surface area (Å²) in [5, 5.41) is 8.54. The summed E-state index contributed by atoms with van der Waals surface area (Å²) in [6.45, 7) is 0.768. The smallest absolute Gasteiger partial charge is 0.175 e. The van der Waals surface area contributed by atoms with Crippen molar-refractivity contribution in [2.45, 2.75) is 6.54 Å². The molecule has 4 aromatic heterocycles. The molecule has 5 nitrogen and oxygen atoms in total. The molecule has 0 saturated heterocycles. The van der Waals surface area contributed by atoms with Crippen molar-refractivity contribution in [3.63, 3.8) is 0 Å². The van der Waals surface area contributed by atoms with Crippen LogP contribution in [-0.2, 0) is 6.54 Å². The zero-order valence-electron chi connectivity index (χ0n) is 13.6. The maximum atomic E-state index is 5.93. The zero-order valence-corrected chi connectivity index (χ0v) is 15.2. The Morgan fingerprint density at radius 2 is 2.00 bits per heavy atom. The van der Waals surface area contributed by atoms with Crippen molar-refractivity contribution < 1.29 is 0 Å². The van der Waals surface area contributed by atoms with Crippen LogP contribution < -0.4 is 5.32 Å². The third kappa shape index (κ3) is 2.83. The number of nitrogens with zero attached hydrogens (tertiary/aromatic N) is 3. The number of anilines is 2. The Kier molecular flexibility index (Phi) is 3.65. The molecule has 0 amide bonds. The second-order valence-electron chi connectivity index (χ2n) is 6.02. The van der Waals surface area contributed by atoms with E-state index in [9.17, 15) is 0 Å². The summed E-state index contributed by atoms with van der Waals surface area (Å²) in [5.74, 6) is 0.804. The summed E-state index contributed by atoms with van der Waals surface area (Å²) < 4.78 is 3.31. The molecule has 128 valence electrons. The van der Waals surface area contributed by atoms with Crippen LogP contribution in [0.25, 0.3) is 21.3 Å². The Bertz CT molecular complexity index is 1170. The van der Waals surface area contributed by atoms with Crippen LogP contribution in [0.3, 0.4) is 0 Å². The number of pyridine rings is 2. The number of aromatic amines is 1. The molecule has 26 heavy (non-hydrogen) atoms. The van der Waals surface area contributed by atoms with Gasteiger partial charge < -0.3 is 5.32 Å². The van der Waals surface area contributed by atoms with E-state index < -0.39 is 0 Å². The van der Waals surface area contributed by atoms with E-state index in [-0.39, 0.29) is 0 Å². The van der Waals surface area contributed by atoms with Gasteiger partial charge in [0.05, 0.1) is 12.1 Å². The second kappa shape index (κ2) is 6.16. The molecule has 0 unspecified atom stereocenters. The maximum Gasteiger partial charge on any atom is 0.175 e. The lowest BCUT2D eigenvalue weighted by Gasteiger charge is -2.16. The highest BCUT2D eigenvalue weighted by Gasteiger charge is 2.10. The first kappa shape index (κ1) is 15.4. The summed E-state index contributed by atoms with van der Waals surface area (Å²) in [5.41, 5.74) is 2.94. The first-order chi connectivity index (χ1) is 12.7. The van der Waals surface area contributed by atoms with E-state index in [0.29, 0.717) is 0 Å². The van der Waals surface area contributed by atoms with Crippen LogP contribution in [0.15, 0.2) is 60.9 Å². The third-order valence-corrected chi connectivity index (χ3v) is 5.54. The number of halogens is 1. The Hall–Kier alpha value is -2.83. The lowest BCUT2D eigenvalue weighted by atomic mass is 10.3. The van der Waals surface area contributed by atoms with Gasteiger partial charge in [0.2, 0.25) is 0 Å². The van der Waals surface area contributed by atoms with Gasteiger partial charge in [-0.15, -0.1) is 11.3 Å². The van der Waals surface area contributed by atoms with Crippen LogP contribution in [0.2, 0.25) is 5.02 Å². The van der Waals surface area contributed by atoms with Crippen molar-refractivity contribution in [2.75, 3.05) is 5.32 Å². The van der Waals surface area contributed by atoms with Crippen molar-refractivity contribution in [3.8, 4) is 0 Å². The van der Waals surface area contributed by atoms with Gasteiger partial charge in [0.25, 0.3) is 0 Å². The number of fused-ring (bicyclic) bond motifs is 2. The topological polar surface area (TPSA) is 58.5 Å². The molecule has 1 aromatic carbocycles. The Balaban J connectivity index is 1.41. The Labute approximate surface area is 158 Å². The number of nitrogens with one attached hydrogen (secondary N) is 2. The van der Waals surface area contributed by atoms with Gasteiger partial charge in [-0.05, 0) is 48.5 Å². The number of benzene rings is 1. The van der Waals surface area contributed by atoms with Gasteiger partial charge >= 0.3 is 0 Å². The van der Waals surface area contributed by atoms with Crippen molar-refractivity contribution in [1.29, 1.82) is 0 Å². The number of rotatable bonds is 4. The monoisotopic (exact) mass is 379 g/mol. The van der Waals surface area contributed by atoms with Crippen LogP contribution >= 0.6 is 22.9 Å². The molecule has 5 aromatic rings. The molecule has 0 bridgehead atoms. The maximum absolute atomic E-state index is 5.93. The van der Waals surface area contributed by atoms with E-state index in [1.807, 2.05) is 54.9 Å². The van der Waals surface area contributed by atoms with Crippen molar-refractivity contribution in [2.24, 2.45) is 0 Å².